The minimum Gasteiger partial charge on any atom is -0.494 e. The number of anilines is 1. The van der Waals surface area contributed by atoms with Gasteiger partial charge in [-0.25, -0.2) is 0 Å². The Balaban J connectivity index is 1.68. The minimum atomic E-state index is -0.384. The van der Waals surface area contributed by atoms with E-state index in [2.05, 4.69) is 42.8 Å². The van der Waals surface area contributed by atoms with E-state index in [9.17, 15) is 10.1 Å². The highest BCUT2D eigenvalue weighted by molar-refractivity contribution is 5.62. The van der Waals surface area contributed by atoms with Crippen LogP contribution in [0.4, 0.5) is 11.4 Å². The molecule has 3 rings (SSSR count). The number of nitrogens with zero attached hydrogens (tertiary/aromatic N) is 3. The van der Waals surface area contributed by atoms with Crippen LogP contribution in [0.15, 0.2) is 18.2 Å². The molecule has 2 aliphatic heterocycles. The zero-order chi connectivity index (χ0) is 19.8. The number of methoxy groups -OCH3 is 1. The number of rotatable bonds is 4. The van der Waals surface area contributed by atoms with E-state index in [1.807, 2.05) is 6.07 Å². The third-order valence-electron chi connectivity index (χ3n) is 5.71. The van der Waals surface area contributed by atoms with Gasteiger partial charge in [0.1, 0.15) is 5.75 Å². The van der Waals surface area contributed by atoms with Crippen LogP contribution < -0.4 is 15.0 Å². The van der Waals surface area contributed by atoms with Crippen molar-refractivity contribution in [2.75, 3.05) is 38.2 Å². The number of nitro benzene ring substituents is 1. The van der Waals surface area contributed by atoms with Crippen molar-refractivity contribution in [3.05, 3.63) is 28.3 Å². The summed E-state index contributed by atoms with van der Waals surface area (Å²) in [6.07, 6.45) is 2.30. The second kappa shape index (κ2) is 7.28. The molecular formula is C20H32N4O3. The molecule has 0 saturated carbocycles. The number of piperazine rings is 1. The zero-order valence-corrected chi connectivity index (χ0v) is 17.1. The van der Waals surface area contributed by atoms with Gasteiger partial charge in [-0.15, -0.1) is 0 Å². The molecule has 0 spiro atoms. The molecular weight excluding hydrogens is 344 g/mol. The first-order chi connectivity index (χ1) is 12.6. The van der Waals surface area contributed by atoms with E-state index in [-0.39, 0.29) is 21.7 Å². The van der Waals surface area contributed by atoms with Crippen molar-refractivity contribution in [1.29, 1.82) is 0 Å². The van der Waals surface area contributed by atoms with Crippen LogP contribution in [0.25, 0.3) is 0 Å². The second-order valence-corrected chi connectivity index (χ2v) is 9.09. The molecule has 0 amide bonds. The van der Waals surface area contributed by atoms with Crippen molar-refractivity contribution in [2.45, 2.75) is 57.7 Å². The molecule has 0 unspecified atom stereocenters. The first-order valence-corrected chi connectivity index (χ1v) is 9.71. The lowest BCUT2D eigenvalue weighted by Crippen LogP contribution is -2.63. The number of benzene rings is 1. The maximum Gasteiger partial charge on any atom is 0.273 e. The zero-order valence-electron chi connectivity index (χ0n) is 17.1. The average molecular weight is 377 g/mol. The first-order valence-electron chi connectivity index (χ1n) is 9.71. The molecule has 1 aromatic rings. The van der Waals surface area contributed by atoms with Crippen LogP contribution in [0.1, 0.15) is 40.5 Å². The smallest absolute Gasteiger partial charge is 0.273 e. The van der Waals surface area contributed by atoms with Crippen LogP contribution >= 0.6 is 0 Å². The topological polar surface area (TPSA) is 70.9 Å². The van der Waals surface area contributed by atoms with Gasteiger partial charge >= 0.3 is 0 Å². The van der Waals surface area contributed by atoms with Crippen molar-refractivity contribution < 1.29 is 9.66 Å². The number of hydrogen-bond acceptors (Lipinski definition) is 6. The Bertz CT molecular complexity index is 680. The number of nitrogens with one attached hydrogen (secondary N) is 1. The van der Waals surface area contributed by atoms with E-state index in [4.69, 9.17) is 4.74 Å². The van der Waals surface area contributed by atoms with Crippen LogP contribution in [0.2, 0.25) is 0 Å². The highest BCUT2D eigenvalue weighted by Crippen LogP contribution is 2.35. The number of ether oxygens (including phenoxy) is 1. The van der Waals surface area contributed by atoms with E-state index in [0.717, 1.165) is 44.7 Å². The fraction of sp³-hybridized carbons (Fsp3) is 0.700. The van der Waals surface area contributed by atoms with Crippen LogP contribution in [-0.2, 0) is 0 Å². The van der Waals surface area contributed by atoms with E-state index in [1.54, 1.807) is 13.2 Å². The Hall–Kier alpha value is -1.86. The number of nitro groups is 1. The van der Waals surface area contributed by atoms with Gasteiger partial charge < -0.3 is 15.0 Å². The summed E-state index contributed by atoms with van der Waals surface area (Å²) in [5.41, 5.74) is 1.29. The number of piperidine rings is 1. The Morgan fingerprint density at radius 1 is 1.11 bits per heavy atom. The predicted molar refractivity (Wildman–Crippen MR) is 108 cm³/mol. The Labute approximate surface area is 161 Å². The summed E-state index contributed by atoms with van der Waals surface area (Å²) >= 11 is 0. The van der Waals surface area contributed by atoms with Gasteiger partial charge in [0.15, 0.2) is 0 Å². The van der Waals surface area contributed by atoms with E-state index in [1.165, 1.54) is 6.07 Å². The summed E-state index contributed by atoms with van der Waals surface area (Å²) < 4.78 is 5.42. The first kappa shape index (κ1) is 19.9. The lowest BCUT2D eigenvalue weighted by atomic mass is 9.79. The Morgan fingerprint density at radius 2 is 1.70 bits per heavy atom. The lowest BCUT2D eigenvalue weighted by Gasteiger charge is -2.51. The highest BCUT2D eigenvalue weighted by Gasteiger charge is 2.40. The van der Waals surface area contributed by atoms with Crippen molar-refractivity contribution in [2.24, 2.45) is 0 Å². The molecule has 0 aromatic heterocycles. The summed E-state index contributed by atoms with van der Waals surface area (Å²) in [4.78, 5) is 15.5. The summed E-state index contributed by atoms with van der Waals surface area (Å²) in [6.45, 7) is 13.0. The molecule has 0 atom stereocenters. The highest BCUT2D eigenvalue weighted by atomic mass is 16.6. The molecule has 2 aliphatic rings. The molecule has 1 N–H and O–H groups in total. The molecule has 0 aliphatic carbocycles. The third-order valence-corrected chi connectivity index (χ3v) is 5.71. The molecule has 1 aromatic carbocycles. The van der Waals surface area contributed by atoms with Gasteiger partial charge in [0.25, 0.3) is 5.69 Å². The maximum absolute atomic E-state index is 11.0. The van der Waals surface area contributed by atoms with Crippen LogP contribution in [0.5, 0.6) is 5.75 Å². The molecule has 150 valence electrons. The average Bonchev–Trinajstić information content (AvgIpc) is 2.58. The summed E-state index contributed by atoms with van der Waals surface area (Å²) in [5.74, 6) is 0.571. The molecule has 7 nitrogen and oxygen atoms in total. The van der Waals surface area contributed by atoms with Gasteiger partial charge in [0, 0.05) is 49.4 Å². The van der Waals surface area contributed by atoms with Crippen molar-refractivity contribution in [3.8, 4) is 5.75 Å². The summed E-state index contributed by atoms with van der Waals surface area (Å²) in [7, 11) is 1.57. The van der Waals surface area contributed by atoms with Gasteiger partial charge in [-0.05, 0) is 46.6 Å². The van der Waals surface area contributed by atoms with Gasteiger partial charge in [0.05, 0.1) is 23.8 Å². The Morgan fingerprint density at radius 3 is 2.22 bits per heavy atom. The minimum absolute atomic E-state index is 0.0633. The molecule has 2 fully saturated rings. The number of non-ortho nitro benzene ring substituents is 1. The molecule has 2 saturated heterocycles. The number of hydrogen-bond donors (Lipinski definition) is 1. The molecule has 7 heteroatoms. The predicted octanol–water partition coefficient (Wildman–Crippen LogP) is 3.03. The molecule has 27 heavy (non-hydrogen) atoms. The van der Waals surface area contributed by atoms with Crippen molar-refractivity contribution in [3.63, 3.8) is 0 Å². The van der Waals surface area contributed by atoms with Crippen molar-refractivity contribution >= 4 is 11.4 Å². The second-order valence-electron chi connectivity index (χ2n) is 9.09. The normalized spacial score (nSPS) is 23.2. The molecule has 0 bridgehead atoms. The fourth-order valence-electron chi connectivity index (χ4n) is 4.90. The maximum atomic E-state index is 11.0. The van der Waals surface area contributed by atoms with E-state index in [0.29, 0.717) is 11.8 Å². The van der Waals surface area contributed by atoms with Gasteiger partial charge in [-0.1, -0.05) is 0 Å². The largest absolute Gasteiger partial charge is 0.494 e. The fourth-order valence-corrected chi connectivity index (χ4v) is 4.90. The monoisotopic (exact) mass is 376 g/mol. The standard InChI is InChI=1S/C20H32N4O3/c1-19(2)13-16(14-20(3,4)21-19)22-8-10-23(11-9-22)17-7-6-15(24(25)26)12-18(17)27-5/h6-7,12,16,21H,8-11,13-14H2,1-5H3. The van der Waals surface area contributed by atoms with E-state index >= 15 is 0 Å². The van der Waals surface area contributed by atoms with Gasteiger partial charge in [0.2, 0.25) is 0 Å². The van der Waals surface area contributed by atoms with Crippen LogP contribution in [0, 0.1) is 10.1 Å². The van der Waals surface area contributed by atoms with Crippen molar-refractivity contribution in [1.82, 2.24) is 10.2 Å². The van der Waals surface area contributed by atoms with Gasteiger partial charge in [-0.2, -0.15) is 0 Å². The van der Waals surface area contributed by atoms with Crippen LogP contribution in [0.3, 0.4) is 0 Å². The van der Waals surface area contributed by atoms with Crippen LogP contribution in [-0.4, -0.2) is 60.2 Å². The summed E-state index contributed by atoms with van der Waals surface area (Å²) in [5, 5.41) is 14.8. The van der Waals surface area contributed by atoms with E-state index < -0.39 is 0 Å². The SMILES string of the molecule is COc1cc([N+](=O)[O-])ccc1N1CCN(C2CC(C)(C)NC(C)(C)C2)CC1. The molecule has 2 heterocycles. The third kappa shape index (κ3) is 4.52. The van der Waals surface area contributed by atoms with Gasteiger partial charge in [-0.3, -0.25) is 15.0 Å². The molecule has 0 radical (unpaired) electrons. The lowest BCUT2D eigenvalue weighted by molar-refractivity contribution is -0.384. The quantitative estimate of drug-likeness (QED) is 0.643. The Kier molecular flexibility index (Phi) is 5.36. The summed E-state index contributed by atoms with van der Waals surface area (Å²) in [6, 6.07) is 5.46.